The first kappa shape index (κ1) is 12.3. The summed E-state index contributed by atoms with van der Waals surface area (Å²) in [5.74, 6) is 0. The van der Waals surface area contributed by atoms with Gasteiger partial charge in [-0.05, 0) is 12.8 Å². The number of aliphatic imine (C=N–C) groups is 1. The summed E-state index contributed by atoms with van der Waals surface area (Å²) in [6.07, 6.45) is 6.87. The predicted octanol–water partition coefficient (Wildman–Crippen LogP) is 3.34. The first-order chi connectivity index (χ1) is 6.88. The summed E-state index contributed by atoms with van der Waals surface area (Å²) in [7, 11) is 0. The zero-order valence-corrected chi connectivity index (χ0v) is 8.77. The molecule has 74 valence electrons. The number of rotatable bonds is 3. The van der Waals surface area contributed by atoms with Crippen LogP contribution in [0.1, 0.15) is 19.4 Å². The van der Waals surface area contributed by atoms with Crippen LogP contribution < -0.4 is 0 Å². The van der Waals surface area contributed by atoms with E-state index in [2.05, 4.69) is 23.3 Å². The minimum absolute atomic E-state index is 0.929. The van der Waals surface area contributed by atoms with Crippen molar-refractivity contribution in [3.05, 3.63) is 48.9 Å². The SMILES string of the molecule is C=C/C(=C\N=C)c1cccnc1.CC. The molecule has 0 aliphatic carbocycles. The third-order valence-corrected chi connectivity index (χ3v) is 1.45. The Labute approximate surface area is 85.7 Å². The van der Waals surface area contributed by atoms with Crippen LogP contribution >= 0.6 is 0 Å². The average Bonchev–Trinajstić information content (AvgIpc) is 2.30. The summed E-state index contributed by atoms with van der Waals surface area (Å²) >= 11 is 0. The molecule has 14 heavy (non-hydrogen) atoms. The van der Waals surface area contributed by atoms with Gasteiger partial charge in [0.15, 0.2) is 0 Å². The van der Waals surface area contributed by atoms with Crippen molar-refractivity contribution in [2.75, 3.05) is 0 Å². The van der Waals surface area contributed by atoms with Crippen molar-refractivity contribution in [1.82, 2.24) is 4.98 Å². The van der Waals surface area contributed by atoms with Crippen LogP contribution in [-0.2, 0) is 0 Å². The van der Waals surface area contributed by atoms with Crippen LogP contribution in [0.2, 0.25) is 0 Å². The molecule has 1 rings (SSSR count). The van der Waals surface area contributed by atoms with Gasteiger partial charge < -0.3 is 0 Å². The van der Waals surface area contributed by atoms with E-state index in [0.717, 1.165) is 11.1 Å². The topological polar surface area (TPSA) is 25.2 Å². The molecule has 0 radical (unpaired) electrons. The van der Waals surface area contributed by atoms with Crippen LogP contribution in [0.15, 0.2) is 48.4 Å². The lowest BCUT2D eigenvalue weighted by Gasteiger charge is -1.97. The molecule has 0 N–H and O–H groups in total. The van der Waals surface area contributed by atoms with E-state index >= 15 is 0 Å². The Hall–Kier alpha value is -1.70. The van der Waals surface area contributed by atoms with Gasteiger partial charge in [-0.1, -0.05) is 32.6 Å². The molecule has 0 atom stereocenters. The summed E-state index contributed by atoms with van der Waals surface area (Å²) in [6.45, 7) is 11.1. The van der Waals surface area contributed by atoms with Crippen molar-refractivity contribution in [2.45, 2.75) is 13.8 Å². The summed E-state index contributed by atoms with van der Waals surface area (Å²) in [4.78, 5) is 7.66. The highest BCUT2D eigenvalue weighted by Crippen LogP contribution is 2.12. The van der Waals surface area contributed by atoms with Crippen LogP contribution in [0.3, 0.4) is 0 Å². The summed E-state index contributed by atoms with van der Waals surface area (Å²) in [5.41, 5.74) is 1.93. The molecule has 0 bridgehead atoms. The zero-order chi connectivity index (χ0) is 10.8. The number of pyridine rings is 1. The number of hydrogen-bond donors (Lipinski definition) is 0. The fourth-order valence-electron chi connectivity index (χ4n) is 0.877. The highest BCUT2D eigenvalue weighted by atomic mass is 14.6. The van der Waals surface area contributed by atoms with Gasteiger partial charge >= 0.3 is 0 Å². The number of aromatic nitrogens is 1. The Bertz CT molecular complexity index is 299. The van der Waals surface area contributed by atoms with Gasteiger partial charge in [0, 0.05) is 29.7 Å². The molecule has 0 amide bonds. The summed E-state index contributed by atoms with van der Waals surface area (Å²) < 4.78 is 0. The van der Waals surface area contributed by atoms with Crippen molar-refractivity contribution in [3.8, 4) is 0 Å². The van der Waals surface area contributed by atoms with Crippen molar-refractivity contribution >= 4 is 12.3 Å². The maximum absolute atomic E-state index is 3.99. The van der Waals surface area contributed by atoms with E-state index in [9.17, 15) is 0 Å². The number of nitrogens with zero attached hydrogens (tertiary/aromatic N) is 2. The van der Waals surface area contributed by atoms with Gasteiger partial charge in [0.25, 0.3) is 0 Å². The van der Waals surface area contributed by atoms with Gasteiger partial charge in [0.2, 0.25) is 0 Å². The minimum Gasteiger partial charge on any atom is -0.272 e. The van der Waals surface area contributed by atoms with Crippen LogP contribution in [0.5, 0.6) is 0 Å². The molecule has 1 heterocycles. The second-order valence-electron chi connectivity index (χ2n) is 2.21. The van der Waals surface area contributed by atoms with E-state index in [4.69, 9.17) is 0 Å². The lowest BCUT2D eigenvalue weighted by atomic mass is 10.1. The van der Waals surface area contributed by atoms with Crippen LogP contribution in [0, 0.1) is 0 Å². The molecular weight excluding hydrogens is 172 g/mol. The van der Waals surface area contributed by atoms with E-state index in [1.54, 1.807) is 24.7 Å². The van der Waals surface area contributed by atoms with E-state index in [0.29, 0.717) is 0 Å². The predicted molar refractivity (Wildman–Crippen MR) is 63.3 cm³/mol. The maximum Gasteiger partial charge on any atom is 0.0346 e. The molecule has 0 aliphatic heterocycles. The van der Waals surface area contributed by atoms with E-state index in [1.807, 2.05) is 26.0 Å². The lowest BCUT2D eigenvalue weighted by molar-refractivity contribution is 1.31. The Morgan fingerprint density at radius 3 is 2.64 bits per heavy atom. The summed E-state index contributed by atoms with van der Waals surface area (Å²) in [6, 6.07) is 3.82. The Balaban J connectivity index is 0.000000791. The second-order valence-corrected chi connectivity index (χ2v) is 2.21. The molecule has 0 aliphatic rings. The fourth-order valence-corrected chi connectivity index (χ4v) is 0.877. The first-order valence-electron chi connectivity index (χ1n) is 4.57. The van der Waals surface area contributed by atoms with Crippen molar-refractivity contribution in [3.63, 3.8) is 0 Å². The molecule has 0 aromatic carbocycles. The largest absolute Gasteiger partial charge is 0.272 e. The van der Waals surface area contributed by atoms with Gasteiger partial charge in [0.1, 0.15) is 0 Å². The maximum atomic E-state index is 3.99. The van der Waals surface area contributed by atoms with E-state index < -0.39 is 0 Å². The minimum atomic E-state index is 0.929. The van der Waals surface area contributed by atoms with Crippen LogP contribution in [0.4, 0.5) is 0 Å². The average molecular weight is 188 g/mol. The molecule has 0 unspecified atom stereocenters. The third-order valence-electron chi connectivity index (χ3n) is 1.45. The van der Waals surface area contributed by atoms with Gasteiger partial charge in [-0.25, -0.2) is 0 Å². The fraction of sp³-hybridized carbons (Fsp3) is 0.167. The van der Waals surface area contributed by atoms with Gasteiger partial charge in [-0.2, -0.15) is 0 Å². The molecule has 0 spiro atoms. The van der Waals surface area contributed by atoms with E-state index in [1.165, 1.54) is 0 Å². The Morgan fingerprint density at radius 1 is 1.50 bits per heavy atom. The smallest absolute Gasteiger partial charge is 0.0346 e. The first-order valence-corrected chi connectivity index (χ1v) is 4.57. The second kappa shape index (κ2) is 7.92. The Kier molecular flexibility index (Phi) is 6.96. The molecule has 0 saturated heterocycles. The molecule has 0 saturated carbocycles. The number of allylic oxidation sites excluding steroid dienone is 2. The summed E-state index contributed by atoms with van der Waals surface area (Å²) in [5, 5.41) is 0. The molecule has 2 nitrogen and oxygen atoms in total. The highest BCUT2D eigenvalue weighted by molar-refractivity contribution is 5.72. The molecule has 0 fully saturated rings. The van der Waals surface area contributed by atoms with E-state index in [-0.39, 0.29) is 0 Å². The van der Waals surface area contributed by atoms with Gasteiger partial charge in [0.05, 0.1) is 0 Å². The lowest BCUT2D eigenvalue weighted by Crippen LogP contribution is -1.80. The van der Waals surface area contributed by atoms with Gasteiger partial charge in [-0.15, -0.1) is 0 Å². The van der Waals surface area contributed by atoms with Crippen molar-refractivity contribution in [2.24, 2.45) is 4.99 Å². The quantitative estimate of drug-likeness (QED) is 0.527. The van der Waals surface area contributed by atoms with Crippen LogP contribution in [0.25, 0.3) is 5.57 Å². The Morgan fingerprint density at radius 2 is 2.21 bits per heavy atom. The number of hydrogen-bond acceptors (Lipinski definition) is 2. The molecular formula is C12H16N2. The van der Waals surface area contributed by atoms with Crippen LogP contribution in [-0.4, -0.2) is 11.7 Å². The highest BCUT2D eigenvalue weighted by Gasteiger charge is 1.93. The van der Waals surface area contributed by atoms with Crippen molar-refractivity contribution in [1.29, 1.82) is 0 Å². The van der Waals surface area contributed by atoms with Gasteiger partial charge in [-0.3, -0.25) is 9.98 Å². The molecule has 1 aromatic rings. The molecule has 1 aromatic heterocycles. The normalized spacial score (nSPS) is 9.71. The zero-order valence-electron chi connectivity index (χ0n) is 8.77. The standard InChI is InChI=1S/C10H10N2.C2H6/c1-3-9(7-11-2)10-5-4-6-12-8-10;1-2/h3-8H,1-2H2;1-2H3/b9-7+;. The monoisotopic (exact) mass is 188 g/mol. The van der Waals surface area contributed by atoms with Crippen molar-refractivity contribution < 1.29 is 0 Å². The third kappa shape index (κ3) is 3.81. The molecule has 2 heteroatoms.